The Hall–Kier alpha value is 0.540. The van der Waals surface area contributed by atoms with Crippen LogP contribution in [0.2, 0.25) is 0 Å². The second-order valence-electron chi connectivity index (χ2n) is 8.50. The van der Waals surface area contributed by atoms with Crippen LogP contribution in [-0.2, 0) is 19.6 Å². The summed E-state index contributed by atoms with van der Waals surface area (Å²) in [6.07, 6.45) is 1.38. The van der Waals surface area contributed by atoms with Crippen LogP contribution in [0.5, 0.6) is 0 Å². The van der Waals surface area contributed by atoms with Crippen LogP contribution in [0, 0.1) is 0 Å². The van der Waals surface area contributed by atoms with Gasteiger partial charge in [0.05, 0.1) is 21.4 Å². The molecule has 0 rings (SSSR count). The molecule has 0 aromatic heterocycles. The van der Waals surface area contributed by atoms with Crippen molar-refractivity contribution in [1.29, 1.82) is 0 Å². The Morgan fingerprint density at radius 3 is 1.41 bits per heavy atom. The zero-order valence-corrected chi connectivity index (χ0v) is 17.3. The van der Waals surface area contributed by atoms with Gasteiger partial charge in [0.15, 0.2) is 0 Å². The lowest BCUT2D eigenvalue weighted by Gasteiger charge is -2.36. The van der Waals surface area contributed by atoms with Gasteiger partial charge in [-0.2, -0.15) is 25.3 Å². The van der Waals surface area contributed by atoms with Gasteiger partial charge in [-0.1, -0.05) is 0 Å². The summed E-state index contributed by atoms with van der Waals surface area (Å²) in [5.74, 6) is 0. The smallest absolute Gasteiger partial charge is 0.121 e. The molecule has 0 aliphatic rings. The van der Waals surface area contributed by atoms with Crippen molar-refractivity contribution >= 4 is 25.3 Å². The summed E-state index contributed by atoms with van der Waals surface area (Å²) in [5, 5.41) is 0. The van der Waals surface area contributed by atoms with Gasteiger partial charge in [-0.05, 0) is 75.2 Å². The average Bonchev–Trinajstić information content (AvgIpc) is 2.30. The Morgan fingerprint density at radius 2 is 1.05 bits per heavy atom. The predicted octanol–water partition coefficient (Wildman–Crippen LogP) is 4.98. The average molecular weight is 355 g/mol. The molecule has 6 heteroatoms. The summed E-state index contributed by atoms with van der Waals surface area (Å²) in [5.41, 5.74) is -1.82. The number of thiol groups is 2. The van der Waals surface area contributed by atoms with Crippen LogP contribution in [-0.4, -0.2) is 27.0 Å². The summed E-state index contributed by atoms with van der Waals surface area (Å²) in [7, 11) is 0. The SMILES string of the molecule is CC(C)(C)OOC(C)(C)CCC(C)(OOC(C)(C)C)C(S)S. The third-order valence-electron chi connectivity index (χ3n) is 2.77. The van der Waals surface area contributed by atoms with E-state index in [2.05, 4.69) is 25.3 Å². The molecule has 0 aliphatic heterocycles. The monoisotopic (exact) mass is 354 g/mol. The molecule has 1 atom stereocenters. The van der Waals surface area contributed by atoms with E-state index >= 15 is 0 Å². The maximum absolute atomic E-state index is 5.65. The zero-order chi connectivity index (χ0) is 17.8. The third kappa shape index (κ3) is 10.3. The van der Waals surface area contributed by atoms with Crippen molar-refractivity contribution in [2.24, 2.45) is 0 Å². The molecular formula is C16H34O4S2. The fourth-order valence-electron chi connectivity index (χ4n) is 1.26. The van der Waals surface area contributed by atoms with E-state index in [9.17, 15) is 0 Å². The highest BCUT2D eigenvalue weighted by Crippen LogP contribution is 2.33. The van der Waals surface area contributed by atoms with Crippen LogP contribution < -0.4 is 0 Å². The van der Waals surface area contributed by atoms with Crippen molar-refractivity contribution in [3.63, 3.8) is 0 Å². The molecule has 0 N–H and O–H groups in total. The second kappa shape index (κ2) is 8.08. The summed E-state index contributed by atoms with van der Waals surface area (Å²) in [4.78, 5) is 22.1. The van der Waals surface area contributed by atoms with Gasteiger partial charge in [-0.15, -0.1) is 0 Å². The second-order valence-corrected chi connectivity index (χ2v) is 9.94. The van der Waals surface area contributed by atoms with Crippen molar-refractivity contribution in [2.75, 3.05) is 0 Å². The first-order valence-electron chi connectivity index (χ1n) is 7.66. The van der Waals surface area contributed by atoms with E-state index in [1.54, 1.807) is 0 Å². The van der Waals surface area contributed by atoms with Crippen LogP contribution >= 0.6 is 25.3 Å². The Morgan fingerprint density at radius 1 is 0.636 bits per heavy atom. The Bertz CT molecular complexity index is 332. The fraction of sp³-hybridized carbons (Fsp3) is 1.00. The molecule has 0 heterocycles. The van der Waals surface area contributed by atoms with Crippen LogP contribution in [0.15, 0.2) is 0 Å². The van der Waals surface area contributed by atoms with Crippen molar-refractivity contribution < 1.29 is 19.6 Å². The van der Waals surface area contributed by atoms with E-state index < -0.39 is 11.2 Å². The lowest BCUT2D eigenvalue weighted by Crippen LogP contribution is -2.41. The maximum Gasteiger partial charge on any atom is 0.121 e. The lowest BCUT2D eigenvalue weighted by atomic mass is 9.94. The van der Waals surface area contributed by atoms with Crippen LogP contribution in [0.3, 0.4) is 0 Å². The molecule has 4 nitrogen and oxygen atoms in total. The minimum atomic E-state index is -0.637. The van der Waals surface area contributed by atoms with E-state index in [4.69, 9.17) is 19.6 Å². The number of hydrogen-bond donors (Lipinski definition) is 2. The van der Waals surface area contributed by atoms with Gasteiger partial charge >= 0.3 is 0 Å². The summed E-state index contributed by atoms with van der Waals surface area (Å²) in [6.45, 7) is 17.5. The molecule has 134 valence electrons. The Kier molecular flexibility index (Phi) is 8.28. The van der Waals surface area contributed by atoms with E-state index in [0.29, 0.717) is 12.8 Å². The van der Waals surface area contributed by atoms with Gasteiger partial charge in [0, 0.05) is 0 Å². The highest BCUT2D eigenvalue weighted by Gasteiger charge is 2.37. The molecule has 0 aliphatic carbocycles. The third-order valence-corrected chi connectivity index (χ3v) is 3.86. The molecule has 0 radical (unpaired) electrons. The van der Waals surface area contributed by atoms with E-state index in [-0.39, 0.29) is 15.8 Å². The van der Waals surface area contributed by atoms with Gasteiger partial charge in [-0.3, -0.25) is 0 Å². The lowest BCUT2D eigenvalue weighted by molar-refractivity contribution is -0.410. The van der Waals surface area contributed by atoms with Crippen LogP contribution in [0.4, 0.5) is 0 Å². The first-order valence-corrected chi connectivity index (χ1v) is 8.69. The summed E-state index contributed by atoms with van der Waals surface area (Å²) < 4.78 is -0.283. The Balaban J connectivity index is 4.63. The van der Waals surface area contributed by atoms with Crippen molar-refractivity contribution in [3.8, 4) is 0 Å². The molecule has 0 spiro atoms. The highest BCUT2D eigenvalue weighted by molar-refractivity contribution is 7.99. The summed E-state index contributed by atoms with van der Waals surface area (Å²) >= 11 is 8.85. The highest BCUT2D eigenvalue weighted by atomic mass is 32.2. The molecule has 0 aromatic rings. The normalized spacial score (nSPS) is 16.9. The summed E-state index contributed by atoms with van der Waals surface area (Å²) in [6, 6.07) is 0. The van der Waals surface area contributed by atoms with E-state index in [1.807, 2.05) is 62.3 Å². The first-order chi connectivity index (χ1) is 9.56. The predicted molar refractivity (Wildman–Crippen MR) is 97.3 cm³/mol. The van der Waals surface area contributed by atoms with Gasteiger partial charge in [0.2, 0.25) is 0 Å². The number of rotatable bonds is 8. The van der Waals surface area contributed by atoms with Gasteiger partial charge in [0.25, 0.3) is 0 Å². The van der Waals surface area contributed by atoms with Gasteiger partial charge in [0.1, 0.15) is 5.60 Å². The fourth-order valence-corrected chi connectivity index (χ4v) is 1.61. The first kappa shape index (κ1) is 22.5. The van der Waals surface area contributed by atoms with E-state index in [0.717, 1.165) is 0 Å². The molecular weight excluding hydrogens is 320 g/mol. The molecule has 0 saturated carbocycles. The van der Waals surface area contributed by atoms with Crippen molar-refractivity contribution in [2.45, 2.75) is 102 Å². The zero-order valence-electron chi connectivity index (χ0n) is 15.5. The van der Waals surface area contributed by atoms with Crippen molar-refractivity contribution in [3.05, 3.63) is 0 Å². The molecule has 22 heavy (non-hydrogen) atoms. The van der Waals surface area contributed by atoms with Crippen LogP contribution in [0.1, 0.15) is 75.2 Å². The maximum atomic E-state index is 5.65. The number of hydrogen-bond acceptors (Lipinski definition) is 6. The van der Waals surface area contributed by atoms with Crippen LogP contribution in [0.25, 0.3) is 0 Å². The van der Waals surface area contributed by atoms with Gasteiger partial charge < -0.3 is 0 Å². The molecule has 1 unspecified atom stereocenters. The molecule has 0 amide bonds. The van der Waals surface area contributed by atoms with Gasteiger partial charge in [-0.25, -0.2) is 19.6 Å². The molecule has 0 aromatic carbocycles. The minimum absolute atomic E-state index is 0.283. The molecule has 0 fully saturated rings. The Labute approximate surface area is 147 Å². The largest absolute Gasteiger partial charge is 0.230 e. The van der Waals surface area contributed by atoms with Crippen molar-refractivity contribution in [1.82, 2.24) is 0 Å². The molecule has 0 saturated heterocycles. The molecule has 0 bridgehead atoms. The standard InChI is InChI=1S/C16H34O4S2/c1-13(2,3)17-19-15(7,8)10-11-16(9,12(21)22)20-18-14(4,5)6/h12,21-22H,10-11H2,1-9H3. The topological polar surface area (TPSA) is 36.9 Å². The quantitative estimate of drug-likeness (QED) is 0.279. The van der Waals surface area contributed by atoms with E-state index in [1.165, 1.54) is 0 Å². The minimum Gasteiger partial charge on any atom is -0.230 e.